The lowest BCUT2D eigenvalue weighted by Gasteiger charge is -2.11. The zero-order chi connectivity index (χ0) is 15.2. The Morgan fingerprint density at radius 2 is 1.95 bits per heavy atom. The van der Waals surface area contributed by atoms with Crippen molar-refractivity contribution in [3.05, 3.63) is 64.0 Å². The van der Waals surface area contributed by atoms with E-state index >= 15 is 0 Å². The first-order valence-corrected chi connectivity index (χ1v) is 7.49. The number of thioether (sulfide) groups is 1. The highest BCUT2D eigenvalue weighted by Gasteiger charge is 2.16. The van der Waals surface area contributed by atoms with Crippen LogP contribution in [0.4, 0.5) is 15.8 Å². The molecule has 2 rings (SSSR count). The molecule has 0 heterocycles. The number of nitro groups is 1. The molecule has 0 unspecified atom stereocenters. The summed E-state index contributed by atoms with van der Waals surface area (Å²) in [4.78, 5) is 11.6. The quantitative estimate of drug-likeness (QED) is 0.486. The van der Waals surface area contributed by atoms with Crippen LogP contribution in [0.25, 0.3) is 0 Å². The Labute approximate surface area is 126 Å². The fourth-order valence-corrected chi connectivity index (χ4v) is 2.82. The van der Waals surface area contributed by atoms with Crippen molar-refractivity contribution in [3.8, 4) is 0 Å². The number of para-hydroxylation sites is 1. The van der Waals surface area contributed by atoms with Crippen LogP contribution in [0, 0.1) is 15.9 Å². The number of anilines is 1. The number of nitro benzene ring substituents is 1. The fourth-order valence-electron chi connectivity index (χ4n) is 1.93. The lowest BCUT2D eigenvalue weighted by Crippen LogP contribution is -2.04. The van der Waals surface area contributed by atoms with E-state index in [0.29, 0.717) is 18.0 Å². The molecule has 0 saturated carbocycles. The minimum absolute atomic E-state index is 0.0778. The Bertz CT molecular complexity index is 632. The van der Waals surface area contributed by atoms with Crippen LogP contribution in [0.15, 0.2) is 47.4 Å². The molecule has 0 bridgehead atoms. The van der Waals surface area contributed by atoms with Gasteiger partial charge in [0, 0.05) is 23.3 Å². The van der Waals surface area contributed by atoms with Gasteiger partial charge >= 0.3 is 0 Å². The molecule has 110 valence electrons. The second-order valence-corrected chi connectivity index (χ2v) is 5.39. The summed E-state index contributed by atoms with van der Waals surface area (Å²) in [6.45, 7) is 2.51. The second-order valence-electron chi connectivity index (χ2n) is 4.34. The zero-order valence-electron chi connectivity index (χ0n) is 11.5. The third-order valence-corrected chi connectivity index (χ3v) is 3.95. The molecule has 0 aliphatic carbocycles. The lowest BCUT2D eigenvalue weighted by molar-refractivity contribution is -0.384. The Morgan fingerprint density at radius 1 is 1.24 bits per heavy atom. The van der Waals surface area contributed by atoms with Crippen LogP contribution in [0.2, 0.25) is 0 Å². The van der Waals surface area contributed by atoms with Gasteiger partial charge in [0.1, 0.15) is 11.5 Å². The average molecular weight is 306 g/mol. The summed E-state index contributed by atoms with van der Waals surface area (Å²) in [7, 11) is 0. The van der Waals surface area contributed by atoms with Crippen LogP contribution >= 0.6 is 11.8 Å². The molecule has 2 aromatic rings. The van der Waals surface area contributed by atoms with Crippen LogP contribution in [0.1, 0.15) is 12.5 Å². The SMILES string of the molecule is CCNc1c(CSc2ccc(F)cc2)cccc1[N+](=O)[O-]. The maximum atomic E-state index is 12.9. The number of benzene rings is 2. The van der Waals surface area contributed by atoms with Crippen molar-refractivity contribution in [2.45, 2.75) is 17.6 Å². The molecule has 0 fully saturated rings. The van der Waals surface area contributed by atoms with Crippen LogP contribution in [0.3, 0.4) is 0 Å². The molecule has 4 nitrogen and oxygen atoms in total. The average Bonchev–Trinajstić information content (AvgIpc) is 2.47. The first-order valence-electron chi connectivity index (χ1n) is 6.50. The van der Waals surface area contributed by atoms with E-state index in [1.807, 2.05) is 13.0 Å². The van der Waals surface area contributed by atoms with Crippen LogP contribution < -0.4 is 5.32 Å². The molecule has 0 saturated heterocycles. The van der Waals surface area contributed by atoms with Gasteiger partial charge in [-0.05, 0) is 36.8 Å². The van der Waals surface area contributed by atoms with Crippen molar-refractivity contribution in [1.82, 2.24) is 0 Å². The molecule has 0 aliphatic heterocycles. The number of nitrogens with zero attached hydrogens (tertiary/aromatic N) is 1. The summed E-state index contributed by atoms with van der Waals surface area (Å²) in [5.74, 6) is 0.304. The maximum Gasteiger partial charge on any atom is 0.292 e. The topological polar surface area (TPSA) is 55.2 Å². The summed E-state index contributed by atoms with van der Waals surface area (Å²) < 4.78 is 12.9. The van der Waals surface area contributed by atoms with Crippen molar-refractivity contribution in [3.63, 3.8) is 0 Å². The third-order valence-electron chi connectivity index (χ3n) is 2.89. The van der Waals surface area contributed by atoms with E-state index in [2.05, 4.69) is 5.32 Å². The highest BCUT2D eigenvalue weighted by Crippen LogP contribution is 2.32. The normalized spacial score (nSPS) is 10.4. The maximum absolute atomic E-state index is 12.9. The van der Waals surface area contributed by atoms with E-state index in [-0.39, 0.29) is 16.4 Å². The van der Waals surface area contributed by atoms with Crippen LogP contribution in [-0.4, -0.2) is 11.5 Å². The Balaban J connectivity index is 2.20. The van der Waals surface area contributed by atoms with E-state index in [1.165, 1.54) is 30.0 Å². The number of rotatable bonds is 6. The lowest BCUT2D eigenvalue weighted by atomic mass is 10.1. The molecule has 0 atom stereocenters. The number of hydrogen-bond donors (Lipinski definition) is 1. The van der Waals surface area contributed by atoms with Gasteiger partial charge in [-0.2, -0.15) is 0 Å². The first kappa shape index (κ1) is 15.3. The van der Waals surface area contributed by atoms with Gasteiger partial charge in [-0.25, -0.2) is 4.39 Å². The van der Waals surface area contributed by atoms with Gasteiger partial charge in [-0.3, -0.25) is 10.1 Å². The number of nitrogens with one attached hydrogen (secondary N) is 1. The monoisotopic (exact) mass is 306 g/mol. The van der Waals surface area contributed by atoms with E-state index in [4.69, 9.17) is 0 Å². The van der Waals surface area contributed by atoms with Gasteiger partial charge in [0.15, 0.2) is 0 Å². The van der Waals surface area contributed by atoms with Crippen LogP contribution in [-0.2, 0) is 5.75 Å². The molecule has 0 aromatic heterocycles. The second kappa shape index (κ2) is 7.08. The van der Waals surface area contributed by atoms with Crippen molar-refractivity contribution >= 4 is 23.1 Å². The van der Waals surface area contributed by atoms with Gasteiger partial charge in [0.05, 0.1) is 4.92 Å². The van der Waals surface area contributed by atoms with Gasteiger partial charge < -0.3 is 5.32 Å². The van der Waals surface area contributed by atoms with Gasteiger partial charge in [-0.1, -0.05) is 12.1 Å². The fraction of sp³-hybridized carbons (Fsp3) is 0.200. The largest absolute Gasteiger partial charge is 0.380 e. The summed E-state index contributed by atoms with van der Waals surface area (Å²) in [5.41, 5.74) is 1.49. The molecular weight excluding hydrogens is 291 g/mol. The molecule has 0 radical (unpaired) electrons. The Morgan fingerprint density at radius 3 is 2.57 bits per heavy atom. The van der Waals surface area contributed by atoms with Gasteiger partial charge in [0.25, 0.3) is 5.69 Å². The molecular formula is C15H15FN2O2S. The van der Waals surface area contributed by atoms with E-state index in [1.54, 1.807) is 18.2 Å². The Kier molecular flexibility index (Phi) is 5.16. The standard InChI is InChI=1S/C15H15FN2O2S/c1-2-17-15-11(4-3-5-14(15)18(19)20)10-21-13-8-6-12(16)7-9-13/h3-9,17H,2,10H2,1H3. The number of hydrogen-bond acceptors (Lipinski definition) is 4. The van der Waals surface area contributed by atoms with Crippen molar-refractivity contribution in [2.75, 3.05) is 11.9 Å². The molecule has 21 heavy (non-hydrogen) atoms. The zero-order valence-corrected chi connectivity index (χ0v) is 12.3. The van der Waals surface area contributed by atoms with Crippen molar-refractivity contribution in [2.24, 2.45) is 0 Å². The van der Waals surface area contributed by atoms with Crippen molar-refractivity contribution < 1.29 is 9.31 Å². The van der Waals surface area contributed by atoms with Crippen LogP contribution in [0.5, 0.6) is 0 Å². The minimum Gasteiger partial charge on any atom is -0.380 e. The highest BCUT2D eigenvalue weighted by atomic mass is 32.2. The predicted octanol–water partition coefficient (Wildman–Crippen LogP) is 4.46. The third kappa shape index (κ3) is 3.95. The summed E-state index contributed by atoms with van der Waals surface area (Å²) in [6, 6.07) is 11.2. The minimum atomic E-state index is -0.385. The smallest absolute Gasteiger partial charge is 0.292 e. The summed E-state index contributed by atoms with van der Waals surface area (Å²) in [6.07, 6.45) is 0. The first-order chi connectivity index (χ1) is 10.1. The summed E-state index contributed by atoms with van der Waals surface area (Å²) >= 11 is 1.51. The predicted molar refractivity (Wildman–Crippen MR) is 83.2 cm³/mol. The van der Waals surface area contributed by atoms with Crippen molar-refractivity contribution in [1.29, 1.82) is 0 Å². The van der Waals surface area contributed by atoms with E-state index in [9.17, 15) is 14.5 Å². The Hall–Kier alpha value is -2.08. The molecule has 2 aromatic carbocycles. The van der Waals surface area contributed by atoms with E-state index in [0.717, 1.165) is 10.5 Å². The van der Waals surface area contributed by atoms with Gasteiger partial charge in [-0.15, -0.1) is 11.8 Å². The molecule has 0 amide bonds. The van der Waals surface area contributed by atoms with E-state index < -0.39 is 0 Å². The molecule has 0 spiro atoms. The molecule has 6 heteroatoms. The highest BCUT2D eigenvalue weighted by molar-refractivity contribution is 7.98. The molecule has 1 N–H and O–H groups in total. The van der Waals surface area contributed by atoms with Gasteiger partial charge in [0.2, 0.25) is 0 Å². The summed E-state index contributed by atoms with van der Waals surface area (Å²) in [5, 5.41) is 14.1. The molecule has 0 aliphatic rings. The number of halogens is 1.